The molecule has 1 aromatic heterocycles. The second-order valence-electron chi connectivity index (χ2n) is 5.69. The molecule has 4 heteroatoms. The van der Waals surface area contributed by atoms with Crippen LogP contribution in [0.4, 0.5) is 5.13 Å². The van der Waals surface area contributed by atoms with Crippen LogP contribution < -0.4 is 10.2 Å². The fourth-order valence-corrected chi connectivity index (χ4v) is 3.08. The standard InChI is InChI=1S/C14H23N3S/c1-2-15-7-13-10-18-14(16-13)17(8-11-3-4-11)9-12-5-6-12/h10-12,15H,2-9H2,1H3. The van der Waals surface area contributed by atoms with Gasteiger partial charge in [0.1, 0.15) is 0 Å². The summed E-state index contributed by atoms with van der Waals surface area (Å²) in [7, 11) is 0. The molecule has 2 aliphatic carbocycles. The van der Waals surface area contributed by atoms with Gasteiger partial charge in [-0.25, -0.2) is 4.98 Å². The van der Waals surface area contributed by atoms with Crippen molar-refractivity contribution in [3.8, 4) is 0 Å². The summed E-state index contributed by atoms with van der Waals surface area (Å²) in [6.45, 7) is 6.55. The number of rotatable bonds is 8. The summed E-state index contributed by atoms with van der Waals surface area (Å²) in [5.41, 5.74) is 1.20. The first kappa shape index (κ1) is 12.4. The summed E-state index contributed by atoms with van der Waals surface area (Å²) in [4.78, 5) is 7.34. The highest BCUT2D eigenvalue weighted by Gasteiger charge is 2.30. The largest absolute Gasteiger partial charge is 0.348 e. The van der Waals surface area contributed by atoms with Crippen LogP contribution in [0, 0.1) is 11.8 Å². The molecule has 0 unspecified atom stereocenters. The van der Waals surface area contributed by atoms with E-state index < -0.39 is 0 Å². The molecule has 1 aromatic rings. The first-order valence-electron chi connectivity index (χ1n) is 7.25. The van der Waals surface area contributed by atoms with E-state index in [-0.39, 0.29) is 0 Å². The third-order valence-corrected chi connectivity index (χ3v) is 4.67. The SMILES string of the molecule is CCNCc1csc(N(CC2CC2)CC2CC2)n1. The molecule has 0 bridgehead atoms. The molecule has 2 fully saturated rings. The lowest BCUT2D eigenvalue weighted by Gasteiger charge is -2.21. The van der Waals surface area contributed by atoms with Gasteiger partial charge in [0.15, 0.2) is 5.13 Å². The van der Waals surface area contributed by atoms with E-state index in [0.717, 1.165) is 24.9 Å². The van der Waals surface area contributed by atoms with Crippen LogP contribution in [0.3, 0.4) is 0 Å². The maximum Gasteiger partial charge on any atom is 0.185 e. The fourth-order valence-electron chi connectivity index (χ4n) is 2.23. The lowest BCUT2D eigenvalue weighted by molar-refractivity contribution is 0.671. The van der Waals surface area contributed by atoms with Crippen molar-refractivity contribution in [3.63, 3.8) is 0 Å². The zero-order chi connectivity index (χ0) is 12.4. The van der Waals surface area contributed by atoms with Gasteiger partial charge in [-0.3, -0.25) is 0 Å². The monoisotopic (exact) mass is 265 g/mol. The van der Waals surface area contributed by atoms with E-state index in [4.69, 9.17) is 4.98 Å². The van der Waals surface area contributed by atoms with Crippen molar-refractivity contribution in [2.24, 2.45) is 11.8 Å². The Morgan fingerprint density at radius 1 is 1.28 bits per heavy atom. The molecule has 0 amide bonds. The van der Waals surface area contributed by atoms with E-state index in [1.54, 1.807) is 0 Å². The maximum atomic E-state index is 4.79. The Morgan fingerprint density at radius 3 is 2.50 bits per heavy atom. The van der Waals surface area contributed by atoms with Crippen LogP contribution >= 0.6 is 11.3 Å². The Hall–Kier alpha value is -0.610. The van der Waals surface area contributed by atoms with Crippen molar-refractivity contribution >= 4 is 16.5 Å². The molecule has 18 heavy (non-hydrogen) atoms. The summed E-state index contributed by atoms with van der Waals surface area (Å²) < 4.78 is 0. The molecule has 0 saturated heterocycles. The second kappa shape index (κ2) is 5.57. The van der Waals surface area contributed by atoms with Crippen LogP contribution in [-0.2, 0) is 6.54 Å². The average molecular weight is 265 g/mol. The summed E-state index contributed by atoms with van der Waals surface area (Å²) in [6, 6.07) is 0. The highest BCUT2D eigenvalue weighted by molar-refractivity contribution is 7.13. The van der Waals surface area contributed by atoms with Gasteiger partial charge in [0, 0.05) is 25.0 Å². The van der Waals surface area contributed by atoms with E-state index in [1.807, 2.05) is 11.3 Å². The fraction of sp³-hybridized carbons (Fsp3) is 0.786. The van der Waals surface area contributed by atoms with Crippen molar-refractivity contribution in [1.29, 1.82) is 0 Å². The minimum Gasteiger partial charge on any atom is -0.348 e. The number of anilines is 1. The third kappa shape index (κ3) is 3.45. The van der Waals surface area contributed by atoms with Crippen LogP contribution in [0.1, 0.15) is 38.3 Å². The highest BCUT2D eigenvalue weighted by atomic mass is 32.1. The Balaban J connectivity index is 1.61. The van der Waals surface area contributed by atoms with Gasteiger partial charge in [-0.05, 0) is 44.1 Å². The summed E-state index contributed by atoms with van der Waals surface area (Å²) in [6.07, 6.45) is 5.71. The first-order chi connectivity index (χ1) is 8.85. The maximum absolute atomic E-state index is 4.79. The first-order valence-corrected chi connectivity index (χ1v) is 8.13. The van der Waals surface area contributed by atoms with Crippen molar-refractivity contribution in [2.45, 2.75) is 39.2 Å². The molecular formula is C14H23N3S. The molecule has 0 spiro atoms. The van der Waals surface area contributed by atoms with E-state index in [1.165, 1.54) is 49.6 Å². The van der Waals surface area contributed by atoms with Crippen LogP contribution in [0.5, 0.6) is 0 Å². The van der Waals surface area contributed by atoms with Gasteiger partial charge in [0.2, 0.25) is 0 Å². The topological polar surface area (TPSA) is 28.2 Å². The van der Waals surface area contributed by atoms with Crippen molar-refractivity contribution in [3.05, 3.63) is 11.1 Å². The number of hydrogen-bond acceptors (Lipinski definition) is 4. The van der Waals surface area contributed by atoms with E-state index in [9.17, 15) is 0 Å². The Morgan fingerprint density at radius 2 is 1.94 bits per heavy atom. The van der Waals surface area contributed by atoms with Gasteiger partial charge in [0.05, 0.1) is 5.69 Å². The lowest BCUT2D eigenvalue weighted by Crippen LogP contribution is -2.28. The molecule has 1 N–H and O–H groups in total. The molecule has 0 aromatic carbocycles. The molecule has 3 nitrogen and oxygen atoms in total. The Labute approximate surface area is 114 Å². The molecule has 0 radical (unpaired) electrons. The van der Waals surface area contributed by atoms with Crippen LogP contribution in [0.15, 0.2) is 5.38 Å². The molecule has 100 valence electrons. The summed E-state index contributed by atoms with van der Waals surface area (Å²) >= 11 is 1.82. The van der Waals surface area contributed by atoms with Gasteiger partial charge in [-0.2, -0.15) is 0 Å². The average Bonchev–Trinajstić information content (AvgIpc) is 3.29. The molecular weight excluding hydrogens is 242 g/mol. The predicted octanol–water partition coefficient (Wildman–Crippen LogP) is 2.88. The summed E-state index contributed by atoms with van der Waals surface area (Å²) in [5, 5.41) is 6.81. The molecule has 2 aliphatic rings. The van der Waals surface area contributed by atoms with E-state index in [2.05, 4.69) is 22.5 Å². The second-order valence-corrected chi connectivity index (χ2v) is 6.53. The van der Waals surface area contributed by atoms with Crippen LogP contribution in [-0.4, -0.2) is 24.6 Å². The number of nitrogens with one attached hydrogen (secondary N) is 1. The smallest absolute Gasteiger partial charge is 0.185 e. The molecule has 0 atom stereocenters. The Kier molecular flexibility index (Phi) is 3.85. The van der Waals surface area contributed by atoms with Gasteiger partial charge in [-0.1, -0.05) is 6.92 Å². The van der Waals surface area contributed by atoms with Gasteiger partial charge < -0.3 is 10.2 Å². The van der Waals surface area contributed by atoms with Gasteiger partial charge in [0.25, 0.3) is 0 Å². The minimum absolute atomic E-state index is 0.910. The molecule has 2 saturated carbocycles. The van der Waals surface area contributed by atoms with Crippen molar-refractivity contribution in [2.75, 3.05) is 24.5 Å². The predicted molar refractivity (Wildman–Crippen MR) is 77.2 cm³/mol. The zero-order valence-electron chi connectivity index (χ0n) is 11.2. The van der Waals surface area contributed by atoms with Crippen LogP contribution in [0.25, 0.3) is 0 Å². The number of thiazole rings is 1. The van der Waals surface area contributed by atoms with Gasteiger partial charge >= 0.3 is 0 Å². The molecule has 3 rings (SSSR count). The summed E-state index contributed by atoms with van der Waals surface area (Å²) in [5.74, 6) is 1.90. The van der Waals surface area contributed by atoms with E-state index >= 15 is 0 Å². The number of nitrogens with zero attached hydrogens (tertiary/aromatic N) is 2. The Bertz CT molecular complexity index is 368. The quantitative estimate of drug-likeness (QED) is 0.783. The van der Waals surface area contributed by atoms with Crippen LogP contribution in [0.2, 0.25) is 0 Å². The molecule has 0 aliphatic heterocycles. The van der Waals surface area contributed by atoms with Crippen molar-refractivity contribution < 1.29 is 0 Å². The highest BCUT2D eigenvalue weighted by Crippen LogP contribution is 2.36. The number of hydrogen-bond donors (Lipinski definition) is 1. The minimum atomic E-state index is 0.910. The zero-order valence-corrected chi connectivity index (χ0v) is 12.0. The third-order valence-electron chi connectivity index (χ3n) is 3.72. The normalized spacial score (nSPS) is 19.2. The molecule has 1 heterocycles. The van der Waals surface area contributed by atoms with E-state index in [0.29, 0.717) is 0 Å². The lowest BCUT2D eigenvalue weighted by atomic mass is 10.3. The number of aromatic nitrogens is 1. The van der Waals surface area contributed by atoms with Crippen molar-refractivity contribution in [1.82, 2.24) is 10.3 Å². The van der Waals surface area contributed by atoms with Gasteiger partial charge in [-0.15, -0.1) is 11.3 Å².